The Morgan fingerprint density at radius 3 is 2.46 bits per heavy atom. The molecule has 0 spiro atoms. The maximum atomic E-state index is 10.6. The molecular formula is C24H27NO3. The van der Waals surface area contributed by atoms with E-state index < -0.39 is 6.10 Å². The minimum Gasteiger partial charge on any atom is -0.497 e. The second-order valence-corrected chi connectivity index (χ2v) is 6.63. The second-order valence-electron chi connectivity index (χ2n) is 6.63. The van der Waals surface area contributed by atoms with Crippen molar-refractivity contribution in [2.75, 3.05) is 20.2 Å². The number of nitrogens with one attached hydrogen (secondary N) is 1. The smallest absolute Gasteiger partial charge is 0.125 e. The molecule has 3 rings (SSSR count). The summed E-state index contributed by atoms with van der Waals surface area (Å²) in [6, 6.07) is 25.7. The maximum Gasteiger partial charge on any atom is 0.125 e. The fourth-order valence-electron chi connectivity index (χ4n) is 3.03. The monoisotopic (exact) mass is 377 g/mol. The summed E-state index contributed by atoms with van der Waals surface area (Å²) < 4.78 is 11.2. The normalized spacial score (nSPS) is 11.8. The summed E-state index contributed by atoms with van der Waals surface area (Å²) in [6.07, 6.45) is 0.244. The van der Waals surface area contributed by atoms with E-state index in [9.17, 15) is 5.11 Å². The van der Waals surface area contributed by atoms with E-state index in [0.29, 0.717) is 18.9 Å². The van der Waals surface area contributed by atoms with Crippen LogP contribution in [0.1, 0.15) is 22.8 Å². The molecule has 0 saturated heterocycles. The molecule has 1 atom stereocenters. The molecule has 0 aliphatic rings. The highest BCUT2D eigenvalue weighted by molar-refractivity contribution is 5.35. The Labute approximate surface area is 166 Å². The van der Waals surface area contributed by atoms with Gasteiger partial charge in [-0.25, -0.2) is 0 Å². The van der Waals surface area contributed by atoms with Gasteiger partial charge in [0.2, 0.25) is 0 Å². The molecule has 146 valence electrons. The van der Waals surface area contributed by atoms with Crippen molar-refractivity contribution in [3.05, 3.63) is 95.6 Å². The zero-order valence-corrected chi connectivity index (χ0v) is 16.2. The van der Waals surface area contributed by atoms with E-state index >= 15 is 0 Å². The van der Waals surface area contributed by atoms with E-state index in [0.717, 1.165) is 29.8 Å². The molecule has 0 aliphatic carbocycles. The minimum absolute atomic E-state index is 0.468. The Bertz CT molecular complexity index is 851. The van der Waals surface area contributed by atoms with Crippen LogP contribution in [0.25, 0.3) is 0 Å². The number of aliphatic hydroxyl groups is 1. The highest BCUT2D eigenvalue weighted by atomic mass is 16.5. The Morgan fingerprint density at radius 1 is 0.893 bits per heavy atom. The number of benzene rings is 3. The third-order valence-electron chi connectivity index (χ3n) is 4.58. The van der Waals surface area contributed by atoms with Crippen molar-refractivity contribution in [1.82, 2.24) is 5.32 Å². The number of aliphatic hydroxyl groups excluding tert-OH is 1. The van der Waals surface area contributed by atoms with Gasteiger partial charge >= 0.3 is 0 Å². The number of hydrogen-bond acceptors (Lipinski definition) is 4. The average molecular weight is 377 g/mol. The lowest BCUT2D eigenvalue weighted by Gasteiger charge is -2.17. The zero-order chi connectivity index (χ0) is 19.6. The number of ether oxygens (including phenoxy) is 2. The lowest BCUT2D eigenvalue weighted by atomic mass is 10.1. The third kappa shape index (κ3) is 5.84. The molecule has 0 saturated carbocycles. The first-order valence-corrected chi connectivity index (χ1v) is 9.53. The molecule has 4 nitrogen and oxygen atoms in total. The molecule has 1 unspecified atom stereocenters. The van der Waals surface area contributed by atoms with E-state index in [1.165, 1.54) is 5.56 Å². The van der Waals surface area contributed by atoms with Gasteiger partial charge in [0.05, 0.1) is 13.2 Å². The van der Waals surface area contributed by atoms with Crippen molar-refractivity contribution in [3.8, 4) is 11.5 Å². The number of rotatable bonds is 10. The van der Waals surface area contributed by atoms with Crippen molar-refractivity contribution in [2.45, 2.75) is 19.1 Å². The highest BCUT2D eigenvalue weighted by Gasteiger charge is 2.13. The van der Waals surface area contributed by atoms with E-state index in [4.69, 9.17) is 9.47 Å². The first-order chi connectivity index (χ1) is 13.8. The molecular weight excluding hydrogens is 350 g/mol. The summed E-state index contributed by atoms with van der Waals surface area (Å²) in [4.78, 5) is 0. The van der Waals surface area contributed by atoms with Crippen molar-refractivity contribution >= 4 is 0 Å². The molecule has 2 N–H and O–H groups in total. The van der Waals surface area contributed by atoms with Crippen LogP contribution in [0.4, 0.5) is 0 Å². The van der Waals surface area contributed by atoms with Crippen molar-refractivity contribution in [2.24, 2.45) is 0 Å². The van der Waals surface area contributed by atoms with Gasteiger partial charge in [-0.2, -0.15) is 0 Å². The quantitative estimate of drug-likeness (QED) is 0.522. The van der Waals surface area contributed by atoms with Crippen molar-refractivity contribution in [3.63, 3.8) is 0 Å². The molecule has 0 amide bonds. The highest BCUT2D eigenvalue weighted by Crippen LogP contribution is 2.25. The van der Waals surface area contributed by atoms with Crippen LogP contribution in [0.2, 0.25) is 0 Å². The zero-order valence-electron chi connectivity index (χ0n) is 16.2. The maximum absolute atomic E-state index is 10.6. The van der Waals surface area contributed by atoms with Gasteiger partial charge in [-0.3, -0.25) is 0 Å². The summed E-state index contributed by atoms with van der Waals surface area (Å²) in [6.45, 7) is 1.72. The van der Waals surface area contributed by atoms with E-state index in [1.54, 1.807) is 7.11 Å². The molecule has 0 bridgehead atoms. The molecule has 3 aromatic carbocycles. The molecule has 3 aromatic rings. The van der Waals surface area contributed by atoms with Gasteiger partial charge in [-0.15, -0.1) is 0 Å². The van der Waals surface area contributed by atoms with Crippen LogP contribution in [-0.4, -0.2) is 25.3 Å². The van der Waals surface area contributed by atoms with E-state index in [-0.39, 0.29) is 0 Å². The van der Waals surface area contributed by atoms with E-state index in [1.807, 2.05) is 72.8 Å². The van der Waals surface area contributed by atoms with Crippen LogP contribution in [-0.2, 0) is 13.0 Å². The number of hydrogen-bond donors (Lipinski definition) is 2. The van der Waals surface area contributed by atoms with Crippen LogP contribution in [0.3, 0.4) is 0 Å². The molecule has 0 aromatic heterocycles. The molecule has 0 heterocycles. The third-order valence-corrected chi connectivity index (χ3v) is 4.58. The van der Waals surface area contributed by atoms with Gasteiger partial charge in [0.1, 0.15) is 18.1 Å². The predicted molar refractivity (Wildman–Crippen MR) is 112 cm³/mol. The lowest BCUT2D eigenvalue weighted by Crippen LogP contribution is -2.24. The van der Waals surface area contributed by atoms with Gasteiger partial charge in [0.15, 0.2) is 0 Å². The summed E-state index contributed by atoms with van der Waals surface area (Å²) in [5, 5.41) is 13.9. The molecule has 0 fully saturated rings. The minimum atomic E-state index is -0.628. The van der Waals surface area contributed by atoms with Crippen LogP contribution >= 0.6 is 0 Å². The average Bonchev–Trinajstić information content (AvgIpc) is 2.76. The standard InChI is InChI=1S/C24H27NO3/c1-27-21-11-7-10-19(16-21)14-15-25-17-23(26)22-12-5-6-13-24(22)28-18-20-8-3-2-4-9-20/h2-13,16,23,25-26H,14-15,17-18H2,1H3. The Hall–Kier alpha value is -2.82. The lowest BCUT2D eigenvalue weighted by molar-refractivity contribution is 0.168. The van der Waals surface area contributed by atoms with Gasteiger partial charge in [0, 0.05) is 12.1 Å². The fourth-order valence-corrected chi connectivity index (χ4v) is 3.03. The molecule has 28 heavy (non-hydrogen) atoms. The predicted octanol–water partition coefficient (Wildman–Crippen LogP) is 4.14. The van der Waals surface area contributed by atoms with Crippen LogP contribution in [0, 0.1) is 0 Å². The Morgan fingerprint density at radius 2 is 1.64 bits per heavy atom. The fraction of sp³-hybridized carbons (Fsp3) is 0.250. The molecule has 4 heteroatoms. The number of para-hydroxylation sites is 1. The first-order valence-electron chi connectivity index (χ1n) is 9.53. The van der Waals surface area contributed by atoms with Crippen LogP contribution in [0.5, 0.6) is 11.5 Å². The Balaban J connectivity index is 1.50. The van der Waals surface area contributed by atoms with Gasteiger partial charge in [0.25, 0.3) is 0 Å². The Kier molecular flexibility index (Phi) is 7.47. The van der Waals surface area contributed by atoms with Crippen LogP contribution in [0.15, 0.2) is 78.9 Å². The van der Waals surface area contributed by atoms with Crippen molar-refractivity contribution in [1.29, 1.82) is 0 Å². The first kappa shape index (κ1) is 19.9. The van der Waals surface area contributed by atoms with Crippen molar-refractivity contribution < 1.29 is 14.6 Å². The van der Waals surface area contributed by atoms with Gasteiger partial charge in [-0.1, -0.05) is 60.7 Å². The summed E-state index contributed by atoms with van der Waals surface area (Å²) in [7, 11) is 1.67. The SMILES string of the molecule is COc1cccc(CCNCC(O)c2ccccc2OCc2ccccc2)c1. The van der Waals surface area contributed by atoms with E-state index in [2.05, 4.69) is 11.4 Å². The largest absolute Gasteiger partial charge is 0.497 e. The summed E-state index contributed by atoms with van der Waals surface area (Å²) >= 11 is 0. The number of methoxy groups -OCH3 is 1. The second kappa shape index (κ2) is 10.5. The topological polar surface area (TPSA) is 50.7 Å². The summed E-state index contributed by atoms with van der Waals surface area (Å²) in [5.41, 5.74) is 3.10. The summed E-state index contributed by atoms with van der Waals surface area (Å²) in [5.74, 6) is 1.58. The van der Waals surface area contributed by atoms with Crippen LogP contribution < -0.4 is 14.8 Å². The molecule has 0 radical (unpaired) electrons. The van der Waals surface area contributed by atoms with Gasteiger partial charge in [-0.05, 0) is 42.3 Å². The van der Waals surface area contributed by atoms with Gasteiger partial charge < -0.3 is 19.9 Å². The molecule has 0 aliphatic heterocycles.